The van der Waals surface area contributed by atoms with Gasteiger partial charge in [-0.1, -0.05) is 5.16 Å². The van der Waals surface area contributed by atoms with Gasteiger partial charge in [0, 0.05) is 56.2 Å². The summed E-state index contributed by atoms with van der Waals surface area (Å²) in [4.78, 5) is 20.9. The van der Waals surface area contributed by atoms with Gasteiger partial charge in [-0.15, -0.1) is 0 Å². The summed E-state index contributed by atoms with van der Waals surface area (Å²) in [5.41, 5.74) is 3.17. The van der Waals surface area contributed by atoms with Gasteiger partial charge in [-0.25, -0.2) is 4.79 Å². The third-order valence-electron chi connectivity index (χ3n) is 5.09. The molecular weight excluding hydrogens is 330 g/mol. The molecule has 1 N–H and O–H groups in total. The Kier molecular flexibility index (Phi) is 4.77. The molecule has 138 valence electrons. The van der Waals surface area contributed by atoms with E-state index in [1.165, 1.54) is 24.1 Å². The molecule has 3 heterocycles. The van der Waals surface area contributed by atoms with Gasteiger partial charge < -0.3 is 19.6 Å². The highest BCUT2D eigenvalue weighted by atomic mass is 16.5. The average Bonchev–Trinajstić information content (AvgIpc) is 3.43. The number of amides is 2. The van der Waals surface area contributed by atoms with E-state index in [0.717, 1.165) is 37.5 Å². The standard InChI is InChI=1S/C19H25N5O2/c1-14-12-20-6-5-17(14)23-7-2-8-24(10-9-23)19(25)21-13-16-11-18(26-22-16)15-3-4-15/h5-6,11-12,15H,2-4,7-10,13H2,1H3,(H,21,25). The number of hydrogen-bond donors (Lipinski definition) is 1. The van der Waals surface area contributed by atoms with E-state index in [1.807, 2.05) is 29.4 Å². The molecule has 0 unspecified atom stereocenters. The van der Waals surface area contributed by atoms with E-state index in [1.54, 1.807) is 0 Å². The maximum absolute atomic E-state index is 12.5. The highest BCUT2D eigenvalue weighted by Crippen LogP contribution is 2.40. The summed E-state index contributed by atoms with van der Waals surface area (Å²) in [6.45, 7) is 5.74. The molecule has 0 radical (unpaired) electrons. The summed E-state index contributed by atoms with van der Waals surface area (Å²) in [5, 5.41) is 7.02. The van der Waals surface area contributed by atoms with Crippen molar-refractivity contribution in [2.75, 3.05) is 31.1 Å². The molecule has 0 spiro atoms. The molecule has 2 amide bonds. The Balaban J connectivity index is 1.30. The number of carbonyl (C=O) groups is 1. The van der Waals surface area contributed by atoms with Crippen LogP contribution in [-0.2, 0) is 6.54 Å². The summed E-state index contributed by atoms with van der Waals surface area (Å²) in [7, 11) is 0. The first-order valence-electron chi connectivity index (χ1n) is 9.34. The summed E-state index contributed by atoms with van der Waals surface area (Å²) in [6, 6.07) is 3.98. The Morgan fingerprint density at radius 1 is 1.31 bits per heavy atom. The lowest BCUT2D eigenvalue weighted by Gasteiger charge is -2.25. The number of nitrogens with one attached hydrogen (secondary N) is 1. The average molecular weight is 355 g/mol. The largest absolute Gasteiger partial charge is 0.369 e. The molecule has 0 atom stereocenters. The molecule has 0 aromatic carbocycles. The first kappa shape index (κ1) is 16.9. The zero-order valence-electron chi connectivity index (χ0n) is 15.1. The van der Waals surface area contributed by atoms with E-state index in [0.29, 0.717) is 19.0 Å². The molecule has 26 heavy (non-hydrogen) atoms. The van der Waals surface area contributed by atoms with Gasteiger partial charge in [0.15, 0.2) is 0 Å². The Bertz CT molecular complexity index is 771. The lowest BCUT2D eigenvalue weighted by Crippen LogP contribution is -2.41. The van der Waals surface area contributed by atoms with Gasteiger partial charge >= 0.3 is 6.03 Å². The van der Waals surface area contributed by atoms with Gasteiger partial charge in [-0.05, 0) is 37.8 Å². The van der Waals surface area contributed by atoms with Crippen molar-refractivity contribution in [3.63, 3.8) is 0 Å². The van der Waals surface area contributed by atoms with Crippen LogP contribution in [0.25, 0.3) is 0 Å². The number of pyridine rings is 1. The van der Waals surface area contributed by atoms with Crippen LogP contribution < -0.4 is 10.2 Å². The smallest absolute Gasteiger partial charge is 0.317 e. The van der Waals surface area contributed by atoms with Crippen LogP contribution in [0.1, 0.15) is 42.2 Å². The minimum absolute atomic E-state index is 0.0331. The molecular formula is C19H25N5O2. The number of anilines is 1. The fourth-order valence-electron chi connectivity index (χ4n) is 3.43. The molecule has 7 heteroatoms. The molecule has 0 bridgehead atoms. The van der Waals surface area contributed by atoms with Gasteiger partial charge in [0.1, 0.15) is 11.5 Å². The highest BCUT2D eigenvalue weighted by molar-refractivity contribution is 5.74. The van der Waals surface area contributed by atoms with Gasteiger partial charge in [0.05, 0.1) is 6.54 Å². The fourth-order valence-corrected chi connectivity index (χ4v) is 3.43. The number of aryl methyl sites for hydroxylation is 1. The molecule has 1 saturated heterocycles. The molecule has 2 aromatic heterocycles. The molecule has 1 saturated carbocycles. The Labute approximate surface area is 153 Å². The minimum atomic E-state index is -0.0331. The lowest BCUT2D eigenvalue weighted by atomic mass is 10.2. The van der Waals surface area contributed by atoms with Crippen molar-refractivity contribution >= 4 is 11.7 Å². The van der Waals surface area contributed by atoms with Crippen LogP contribution in [0.2, 0.25) is 0 Å². The molecule has 1 aliphatic heterocycles. The Morgan fingerprint density at radius 3 is 3.00 bits per heavy atom. The van der Waals surface area contributed by atoms with Crippen molar-refractivity contribution in [2.45, 2.75) is 38.6 Å². The van der Waals surface area contributed by atoms with Crippen LogP contribution in [0, 0.1) is 6.92 Å². The SMILES string of the molecule is Cc1cnccc1N1CCCN(C(=O)NCc2cc(C3CC3)on2)CC1. The quantitative estimate of drug-likeness (QED) is 0.913. The second kappa shape index (κ2) is 7.35. The van der Waals surface area contributed by atoms with Gasteiger partial charge in [-0.3, -0.25) is 4.98 Å². The van der Waals surface area contributed by atoms with Crippen LogP contribution in [-0.4, -0.2) is 47.3 Å². The number of aromatic nitrogens is 2. The third kappa shape index (κ3) is 3.81. The number of rotatable bonds is 4. The zero-order valence-corrected chi connectivity index (χ0v) is 15.1. The molecule has 4 rings (SSSR count). The van der Waals surface area contributed by atoms with Gasteiger partial charge in [-0.2, -0.15) is 0 Å². The van der Waals surface area contributed by atoms with Crippen molar-refractivity contribution in [1.29, 1.82) is 0 Å². The monoisotopic (exact) mass is 355 g/mol. The van der Waals surface area contributed by atoms with E-state index in [2.05, 4.69) is 27.3 Å². The number of hydrogen-bond acceptors (Lipinski definition) is 5. The summed E-state index contributed by atoms with van der Waals surface area (Å²) < 4.78 is 5.33. The highest BCUT2D eigenvalue weighted by Gasteiger charge is 2.28. The number of urea groups is 1. The van der Waals surface area contributed by atoms with Crippen molar-refractivity contribution in [3.8, 4) is 0 Å². The predicted octanol–water partition coefficient (Wildman–Crippen LogP) is 2.68. The minimum Gasteiger partial charge on any atom is -0.369 e. The molecule has 2 fully saturated rings. The fraction of sp³-hybridized carbons (Fsp3) is 0.526. The first-order valence-corrected chi connectivity index (χ1v) is 9.34. The molecule has 1 aliphatic carbocycles. The maximum Gasteiger partial charge on any atom is 0.317 e. The van der Waals surface area contributed by atoms with Crippen LogP contribution in [0.4, 0.5) is 10.5 Å². The molecule has 2 aromatic rings. The van der Waals surface area contributed by atoms with Crippen LogP contribution in [0.5, 0.6) is 0 Å². The summed E-state index contributed by atoms with van der Waals surface area (Å²) in [5.74, 6) is 1.49. The second-order valence-electron chi connectivity index (χ2n) is 7.14. The van der Waals surface area contributed by atoms with E-state index in [-0.39, 0.29) is 6.03 Å². The van der Waals surface area contributed by atoms with Crippen LogP contribution in [0.3, 0.4) is 0 Å². The second-order valence-corrected chi connectivity index (χ2v) is 7.14. The normalized spacial score (nSPS) is 17.9. The van der Waals surface area contributed by atoms with Crippen LogP contribution in [0.15, 0.2) is 29.0 Å². The third-order valence-corrected chi connectivity index (χ3v) is 5.09. The van der Waals surface area contributed by atoms with Gasteiger partial charge in [0.25, 0.3) is 0 Å². The number of nitrogens with zero attached hydrogens (tertiary/aromatic N) is 4. The molecule has 7 nitrogen and oxygen atoms in total. The lowest BCUT2D eigenvalue weighted by molar-refractivity contribution is 0.200. The topological polar surface area (TPSA) is 74.5 Å². The molecule has 2 aliphatic rings. The van der Waals surface area contributed by atoms with Crippen molar-refractivity contribution in [1.82, 2.24) is 20.4 Å². The van der Waals surface area contributed by atoms with Crippen molar-refractivity contribution in [2.24, 2.45) is 0 Å². The Hall–Kier alpha value is -2.57. The van der Waals surface area contributed by atoms with E-state index in [4.69, 9.17) is 4.52 Å². The van der Waals surface area contributed by atoms with Gasteiger partial charge in [0.2, 0.25) is 0 Å². The van der Waals surface area contributed by atoms with Crippen LogP contribution >= 0.6 is 0 Å². The van der Waals surface area contributed by atoms with Crippen molar-refractivity contribution in [3.05, 3.63) is 41.5 Å². The van der Waals surface area contributed by atoms with E-state index in [9.17, 15) is 4.79 Å². The number of carbonyl (C=O) groups excluding carboxylic acids is 1. The Morgan fingerprint density at radius 2 is 2.19 bits per heavy atom. The summed E-state index contributed by atoms with van der Waals surface area (Å²) >= 11 is 0. The van der Waals surface area contributed by atoms with Crippen molar-refractivity contribution < 1.29 is 9.32 Å². The maximum atomic E-state index is 12.5. The first-order chi connectivity index (χ1) is 12.7. The van der Waals surface area contributed by atoms with E-state index >= 15 is 0 Å². The summed E-state index contributed by atoms with van der Waals surface area (Å²) in [6.07, 6.45) is 7.03. The van der Waals surface area contributed by atoms with E-state index < -0.39 is 0 Å². The zero-order chi connectivity index (χ0) is 17.9. The predicted molar refractivity (Wildman–Crippen MR) is 98.1 cm³/mol.